The number of ether oxygens (including phenoxy) is 2. The molecule has 0 heterocycles. The molecule has 1 N–H and O–H groups in total. The highest BCUT2D eigenvalue weighted by Gasteiger charge is 2.11. The summed E-state index contributed by atoms with van der Waals surface area (Å²) in [6.07, 6.45) is 4.50. The minimum absolute atomic E-state index is 0.337. The summed E-state index contributed by atoms with van der Waals surface area (Å²) in [4.78, 5) is 24.1. The van der Waals surface area contributed by atoms with Crippen LogP contribution in [0.25, 0.3) is 6.08 Å². The molecular formula is C22H25NO4. The zero-order valence-corrected chi connectivity index (χ0v) is 16.0. The van der Waals surface area contributed by atoms with Gasteiger partial charge in [-0.15, -0.1) is 0 Å². The predicted molar refractivity (Wildman–Crippen MR) is 107 cm³/mol. The van der Waals surface area contributed by atoms with Crippen LogP contribution in [0.1, 0.15) is 30.5 Å². The largest absolute Gasteiger partial charge is 0.496 e. The van der Waals surface area contributed by atoms with Crippen molar-refractivity contribution in [3.05, 3.63) is 65.2 Å². The van der Waals surface area contributed by atoms with Crippen molar-refractivity contribution in [2.75, 3.05) is 19.0 Å². The van der Waals surface area contributed by atoms with Crippen molar-refractivity contribution in [3.63, 3.8) is 0 Å². The van der Waals surface area contributed by atoms with Crippen LogP contribution < -0.4 is 10.1 Å². The Morgan fingerprint density at radius 1 is 1.00 bits per heavy atom. The minimum atomic E-state index is -0.587. The van der Waals surface area contributed by atoms with Gasteiger partial charge in [-0.2, -0.15) is 0 Å². The van der Waals surface area contributed by atoms with Gasteiger partial charge >= 0.3 is 5.97 Å². The summed E-state index contributed by atoms with van der Waals surface area (Å²) < 4.78 is 10.3. The number of hydrogen-bond acceptors (Lipinski definition) is 4. The van der Waals surface area contributed by atoms with Crippen molar-refractivity contribution < 1.29 is 19.1 Å². The monoisotopic (exact) mass is 367 g/mol. The van der Waals surface area contributed by atoms with Crippen molar-refractivity contribution in [3.8, 4) is 5.75 Å². The number of benzene rings is 2. The third kappa shape index (κ3) is 5.71. The van der Waals surface area contributed by atoms with Gasteiger partial charge in [-0.3, -0.25) is 4.79 Å². The molecule has 0 aliphatic carbocycles. The molecule has 0 bridgehead atoms. The highest BCUT2D eigenvalue weighted by molar-refractivity contribution is 5.95. The first-order chi connectivity index (χ1) is 13.1. The molecule has 0 spiro atoms. The predicted octanol–water partition coefficient (Wildman–Crippen LogP) is 4.02. The second kappa shape index (κ2) is 10.2. The first-order valence-electron chi connectivity index (χ1n) is 8.97. The number of carbonyl (C=O) groups is 2. The van der Waals surface area contributed by atoms with Crippen molar-refractivity contribution in [1.82, 2.24) is 0 Å². The van der Waals surface area contributed by atoms with Gasteiger partial charge in [-0.05, 0) is 36.1 Å². The fourth-order valence-electron chi connectivity index (χ4n) is 2.73. The van der Waals surface area contributed by atoms with E-state index in [2.05, 4.69) is 5.32 Å². The van der Waals surface area contributed by atoms with Crippen LogP contribution in [0.2, 0.25) is 0 Å². The van der Waals surface area contributed by atoms with E-state index in [0.717, 1.165) is 35.2 Å². The van der Waals surface area contributed by atoms with E-state index >= 15 is 0 Å². The Labute approximate surface area is 160 Å². The molecule has 5 heteroatoms. The van der Waals surface area contributed by atoms with E-state index in [-0.39, 0.29) is 12.5 Å². The van der Waals surface area contributed by atoms with Gasteiger partial charge in [0.1, 0.15) is 5.75 Å². The highest BCUT2D eigenvalue weighted by Crippen LogP contribution is 2.22. The summed E-state index contributed by atoms with van der Waals surface area (Å²) in [6, 6.07) is 13.3. The molecule has 2 aromatic rings. The van der Waals surface area contributed by atoms with Gasteiger partial charge < -0.3 is 14.8 Å². The molecule has 142 valence electrons. The Hall–Kier alpha value is -3.08. The van der Waals surface area contributed by atoms with Gasteiger partial charge in [0.25, 0.3) is 5.91 Å². The Kier molecular flexibility index (Phi) is 7.62. The molecule has 0 aliphatic heterocycles. The van der Waals surface area contributed by atoms with E-state index in [1.807, 2.05) is 50.2 Å². The van der Waals surface area contributed by atoms with Crippen LogP contribution in [-0.2, 0) is 27.2 Å². The Bertz CT molecular complexity index is 805. The first kappa shape index (κ1) is 20.2. The number of anilines is 1. The number of carbonyl (C=O) groups excluding carboxylic acids is 2. The van der Waals surface area contributed by atoms with E-state index < -0.39 is 5.97 Å². The molecule has 2 rings (SSSR count). The molecule has 0 atom stereocenters. The quantitative estimate of drug-likeness (QED) is 0.565. The van der Waals surface area contributed by atoms with Gasteiger partial charge in [0.05, 0.1) is 7.11 Å². The smallest absolute Gasteiger partial charge is 0.331 e. The summed E-state index contributed by atoms with van der Waals surface area (Å²) in [6.45, 7) is 3.73. The maximum Gasteiger partial charge on any atom is 0.331 e. The maximum atomic E-state index is 12.2. The lowest BCUT2D eigenvalue weighted by Crippen LogP contribution is -2.21. The number of para-hydroxylation sites is 2. The summed E-state index contributed by atoms with van der Waals surface area (Å²) in [5.74, 6) is -0.289. The topological polar surface area (TPSA) is 64.6 Å². The third-order valence-electron chi connectivity index (χ3n) is 4.15. The van der Waals surface area contributed by atoms with E-state index in [9.17, 15) is 9.59 Å². The SMILES string of the molecule is CCc1cccc(CC)c1NC(=O)COC(=O)/C=C/c1ccccc1OC. The molecule has 0 fully saturated rings. The number of nitrogens with one attached hydrogen (secondary N) is 1. The molecule has 1 amide bonds. The summed E-state index contributed by atoms with van der Waals surface area (Å²) in [5, 5.41) is 2.87. The number of aryl methyl sites for hydroxylation is 2. The fraction of sp³-hybridized carbons (Fsp3) is 0.273. The van der Waals surface area contributed by atoms with E-state index in [4.69, 9.17) is 9.47 Å². The summed E-state index contributed by atoms with van der Waals surface area (Å²) in [7, 11) is 1.56. The number of amides is 1. The van der Waals surface area contributed by atoms with E-state index in [1.165, 1.54) is 6.08 Å². The number of esters is 1. The molecule has 27 heavy (non-hydrogen) atoms. The molecule has 0 aromatic heterocycles. The van der Waals surface area contributed by atoms with E-state index in [0.29, 0.717) is 5.75 Å². The Balaban J connectivity index is 1.94. The van der Waals surface area contributed by atoms with Crippen LogP contribution in [0, 0.1) is 0 Å². The molecule has 0 saturated heterocycles. The van der Waals surface area contributed by atoms with Crippen LogP contribution in [0.3, 0.4) is 0 Å². The molecule has 0 saturated carbocycles. The average Bonchev–Trinajstić information content (AvgIpc) is 2.70. The van der Waals surface area contributed by atoms with Gasteiger partial charge in [0, 0.05) is 17.3 Å². The molecule has 0 unspecified atom stereocenters. The molecular weight excluding hydrogens is 342 g/mol. The Morgan fingerprint density at radius 3 is 2.30 bits per heavy atom. The Morgan fingerprint density at radius 2 is 1.67 bits per heavy atom. The zero-order chi connectivity index (χ0) is 19.6. The lowest BCUT2D eigenvalue weighted by molar-refractivity contribution is -0.142. The van der Waals surface area contributed by atoms with Crippen LogP contribution in [0.5, 0.6) is 5.75 Å². The number of methoxy groups -OCH3 is 1. The van der Waals surface area contributed by atoms with Crippen LogP contribution in [-0.4, -0.2) is 25.6 Å². The maximum absolute atomic E-state index is 12.2. The van der Waals surface area contributed by atoms with Crippen molar-refractivity contribution in [1.29, 1.82) is 0 Å². The minimum Gasteiger partial charge on any atom is -0.496 e. The second-order valence-electron chi connectivity index (χ2n) is 5.89. The lowest BCUT2D eigenvalue weighted by atomic mass is 10.0. The molecule has 0 aliphatic rings. The van der Waals surface area contributed by atoms with Gasteiger partial charge in [-0.25, -0.2) is 4.79 Å². The highest BCUT2D eigenvalue weighted by atomic mass is 16.5. The fourth-order valence-corrected chi connectivity index (χ4v) is 2.73. The van der Waals surface area contributed by atoms with Crippen molar-refractivity contribution >= 4 is 23.6 Å². The van der Waals surface area contributed by atoms with E-state index in [1.54, 1.807) is 19.3 Å². The summed E-state index contributed by atoms with van der Waals surface area (Å²) >= 11 is 0. The number of hydrogen-bond donors (Lipinski definition) is 1. The van der Waals surface area contributed by atoms with Crippen LogP contribution in [0.15, 0.2) is 48.5 Å². The van der Waals surface area contributed by atoms with Gasteiger partial charge in [-0.1, -0.05) is 50.2 Å². The molecule has 2 aromatic carbocycles. The van der Waals surface area contributed by atoms with Gasteiger partial charge in [0.15, 0.2) is 6.61 Å². The average molecular weight is 367 g/mol. The molecule has 5 nitrogen and oxygen atoms in total. The van der Waals surface area contributed by atoms with Crippen molar-refractivity contribution in [2.24, 2.45) is 0 Å². The van der Waals surface area contributed by atoms with Gasteiger partial charge in [0.2, 0.25) is 0 Å². The first-order valence-corrected chi connectivity index (χ1v) is 8.97. The molecule has 0 radical (unpaired) electrons. The number of rotatable bonds is 8. The lowest BCUT2D eigenvalue weighted by Gasteiger charge is -2.14. The zero-order valence-electron chi connectivity index (χ0n) is 16.0. The standard InChI is InChI=1S/C22H25NO4/c1-4-16-10-8-11-17(5-2)22(16)23-20(24)15-27-21(25)14-13-18-9-6-7-12-19(18)26-3/h6-14H,4-5,15H2,1-3H3,(H,23,24)/b14-13+. The third-order valence-corrected chi connectivity index (χ3v) is 4.15. The van der Waals surface area contributed by atoms with Crippen LogP contribution in [0.4, 0.5) is 5.69 Å². The van der Waals surface area contributed by atoms with Crippen molar-refractivity contribution in [2.45, 2.75) is 26.7 Å². The summed E-state index contributed by atoms with van der Waals surface area (Å²) in [5.41, 5.74) is 3.69. The second-order valence-corrected chi connectivity index (χ2v) is 5.89. The van der Waals surface area contributed by atoms with Crippen LogP contribution >= 0.6 is 0 Å². The normalized spacial score (nSPS) is 10.6.